The molecule has 1 N–H and O–H groups in total. The first-order valence-electron chi connectivity index (χ1n) is 6.62. The summed E-state index contributed by atoms with van der Waals surface area (Å²) in [6, 6.07) is 14.2. The molecule has 0 aliphatic heterocycles. The molecule has 1 amide bonds. The predicted molar refractivity (Wildman–Crippen MR) is 80.6 cm³/mol. The van der Waals surface area contributed by atoms with Gasteiger partial charge in [0, 0.05) is 17.7 Å². The van der Waals surface area contributed by atoms with Crippen molar-refractivity contribution in [1.82, 2.24) is 5.32 Å². The van der Waals surface area contributed by atoms with Crippen molar-refractivity contribution >= 4 is 11.7 Å². The Morgan fingerprint density at radius 1 is 1.05 bits per heavy atom. The Morgan fingerprint density at radius 3 is 2.38 bits per heavy atom. The van der Waals surface area contributed by atoms with Gasteiger partial charge in [-0.15, -0.1) is 0 Å². The van der Waals surface area contributed by atoms with Crippen LogP contribution in [0.3, 0.4) is 0 Å². The van der Waals surface area contributed by atoms with Crippen LogP contribution in [-0.4, -0.2) is 18.8 Å². The number of benzene rings is 2. The lowest BCUT2D eigenvalue weighted by molar-refractivity contribution is 0.0949. The van der Waals surface area contributed by atoms with E-state index in [1.165, 1.54) is 6.92 Å². The third kappa shape index (κ3) is 3.92. The van der Waals surface area contributed by atoms with Crippen LogP contribution in [0.5, 0.6) is 5.75 Å². The molecule has 0 aliphatic rings. The van der Waals surface area contributed by atoms with E-state index in [4.69, 9.17) is 4.74 Å². The van der Waals surface area contributed by atoms with Crippen molar-refractivity contribution in [2.24, 2.45) is 0 Å². The van der Waals surface area contributed by atoms with Gasteiger partial charge in [0.05, 0.1) is 7.11 Å². The summed E-state index contributed by atoms with van der Waals surface area (Å²) >= 11 is 0. The van der Waals surface area contributed by atoms with Gasteiger partial charge < -0.3 is 10.1 Å². The number of Topliss-reactive ketones (excluding diaryl/α,β-unsaturated/α-hetero) is 1. The minimum atomic E-state index is -0.162. The van der Waals surface area contributed by atoms with E-state index in [-0.39, 0.29) is 11.7 Å². The standard InChI is InChI=1S/C17H17NO3/c1-12(19)14-8-6-13(7-9-14)11-18-17(20)15-4-3-5-16(10-15)21-2/h3-10H,11H2,1-2H3,(H,18,20). The van der Waals surface area contributed by atoms with Crippen molar-refractivity contribution in [3.63, 3.8) is 0 Å². The molecule has 21 heavy (non-hydrogen) atoms. The highest BCUT2D eigenvalue weighted by Crippen LogP contribution is 2.12. The van der Waals surface area contributed by atoms with E-state index in [0.29, 0.717) is 23.4 Å². The Kier molecular flexibility index (Phi) is 4.72. The summed E-state index contributed by atoms with van der Waals surface area (Å²) in [5.74, 6) is 0.514. The van der Waals surface area contributed by atoms with Gasteiger partial charge in [-0.2, -0.15) is 0 Å². The van der Waals surface area contributed by atoms with E-state index in [9.17, 15) is 9.59 Å². The fraction of sp³-hybridized carbons (Fsp3) is 0.176. The predicted octanol–water partition coefficient (Wildman–Crippen LogP) is 2.83. The molecule has 0 atom stereocenters. The summed E-state index contributed by atoms with van der Waals surface area (Å²) in [4.78, 5) is 23.2. The van der Waals surface area contributed by atoms with Gasteiger partial charge in [-0.3, -0.25) is 9.59 Å². The number of ketones is 1. The quantitative estimate of drug-likeness (QED) is 0.858. The molecule has 0 unspecified atom stereocenters. The van der Waals surface area contributed by atoms with Crippen LogP contribution in [0.15, 0.2) is 48.5 Å². The van der Waals surface area contributed by atoms with Gasteiger partial charge in [0.25, 0.3) is 5.91 Å². The minimum Gasteiger partial charge on any atom is -0.497 e. The van der Waals surface area contributed by atoms with Crippen LogP contribution in [0, 0.1) is 0 Å². The molecule has 4 heteroatoms. The topological polar surface area (TPSA) is 55.4 Å². The van der Waals surface area contributed by atoms with Gasteiger partial charge in [-0.25, -0.2) is 0 Å². The first-order valence-corrected chi connectivity index (χ1v) is 6.62. The summed E-state index contributed by atoms with van der Waals surface area (Å²) in [5, 5.41) is 2.84. The van der Waals surface area contributed by atoms with Gasteiger partial charge in [0.2, 0.25) is 0 Å². The van der Waals surface area contributed by atoms with Crippen LogP contribution in [-0.2, 0) is 6.54 Å². The van der Waals surface area contributed by atoms with Crippen LogP contribution in [0.1, 0.15) is 33.2 Å². The monoisotopic (exact) mass is 283 g/mol. The Morgan fingerprint density at radius 2 is 1.76 bits per heavy atom. The molecule has 4 nitrogen and oxygen atoms in total. The number of ether oxygens (including phenoxy) is 1. The molecule has 0 aliphatic carbocycles. The van der Waals surface area contributed by atoms with Gasteiger partial charge in [-0.1, -0.05) is 30.3 Å². The molecule has 2 aromatic carbocycles. The molecule has 2 rings (SSSR count). The van der Waals surface area contributed by atoms with Crippen molar-refractivity contribution in [2.45, 2.75) is 13.5 Å². The molecular formula is C17H17NO3. The number of hydrogen-bond acceptors (Lipinski definition) is 3. The first kappa shape index (κ1) is 14.8. The van der Waals surface area contributed by atoms with E-state index in [1.807, 2.05) is 12.1 Å². The molecule has 0 bridgehead atoms. The van der Waals surface area contributed by atoms with E-state index in [1.54, 1.807) is 43.5 Å². The average molecular weight is 283 g/mol. The maximum absolute atomic E-state index is 12.0. The van der Waals surface area contributed by atoms with E-state index in [2.05, 4.69) is 5.32 Å². The Bertz CT molecular complexity index is 647. The number of carbonyl (C=O) groups excluding carboxylic acids is 2. The molecule has 2 aromatic rings. The third-order valence-corrected chi connectivity index (χ3v) is 3.15. The summed E-state index contributed by atoms with van der Waals surface area (Å²) < 4.78 is 5.09. The van der Waals surface area contributed by atoms with Crippen LogP contribution >= 0.6 is 0 Å². The fourth-order valence-electron chi connectivity index (χ4n) is 1.91. The van der Waals surface area contributed by atoms with Gasteiger partial charge in [-0.05, 0) is 30.7 Å². The molecular weight excluding hydrogens is 266 g/mol. The molecule has 0 radical (unpaired) electrons. The van der Waals surface area contributed by atoms with Crippen molar-refractivity contribution in [2.75, 3.05) is 7.11 Å². The van der Waals surface area contributed by atoms with Crippen LogP contribution in [0.4, 0.5) is 0 Å². The van der Waals surface area contributed by atoms with Gasteiger partial charge >= 0.3 is 0 Å². The molecule has 0 aromatic heterocycles. The highest BCUT2D eigenvalue weighted by molar-refractivity contribution is 5.95. The minimum absolute atomic E-state index is 0.0296. The second kappa shape index (κ2) is 6.70. The van der Waals surface area contributed by atoms with Crippen LogP contribution in [0.2, 0.25) is 0 Å². The maximum atomic E-state index is 12.0. The maximum Gasteiger partial charge on any atom is 0.251 e. The number of amides is 1. The Balaban J connectivity index is 1.98. The normalized spacial score (nSPS) is 10.0. The summed E-state index contributed by atoms with van der Waals surface area (Å²) in [6.45, 7) is 1.94. The average Bonchev–Trinajstić information content (AvgIpc) is 2.53. The first-order chi connectivity index (χ1) is 10.1. The lowest BCUT2D eigenvalue weighted by Crippen LogP contribution is -2.22. The van der Waals surface area contributed by atoms with E-state index >= 15 is 0 Å². The number of carbonyl (C=O) groups is 2. The summed E-state index contributed by atoms with van der Waals surface area (Å²) in [7, 11) is 1.56. The van der Waals surface area contributed by atoms with E-state index in [0.717, 1.165) is 5.56 Å². The fourth-order valence-corrected chi connectivity index (χ4v) is 1.91. The van der Waals surface area contributed by atoms with Gasteiger partial charge in [0.1, 0.15) is 5.75 Å². The number of rotatable bonds is 5. The third-order valence-electron chi connectivity index (χ3n) is 3.15. The van der Waals surface area contributed by atoms with E-state index < -0.39 is 0 Å². The highest BCUT2D eigenvalue weighted by atomic mass is 16.5. The van der Waals surface area contributed by atoms with Crippen molar-refractivity contribution in [1.29, 1.82) is 0 Å². The van der Waals surface area contributed by atoms with Crippen LogP contribution < -0.4 is 10.1 Å². The molecule has 0 saturated heterocycles. The van der Waals surface area contributed by atoms with Crippen molar-refractivity contribution in [3.05, 3.63) is 65.2 Å². The molecule has 0 fully saturated rings. The zero-order valence-corrected chi connectivity index (χ0v) is 12.1. The van der Waals surface area contributed by atoms with Gasteiger partial charge in [0.15, 0.2) is 5.78 Å². The van der Waals surface area contributed by atoms with Crippen molar-refractivity contribution in [3.8, 4) is 5.75 Å². The highest BCUT2D eigenvalue weighted by Gasteiger charge is 2.06. The van der Waals surface area contributed by atoms with Crippen molar-refractivity contribution < 1.29 is 14.3 Å². The number of methoxy groups -OCH3 is 1. The molecule has 0 spiro atoms. The molecule has 0 heterocycles. The zero-order chi connectivity index (χ0) is 15.2. The molecule has 0 saturated carbocycles. The van der Waals surface area contributed by atoms with Crippen LogP contribution in [0.25, 0.3) is 0 Å². The largest absolute Gasteiger partial charge is 0.497 e. The number of hydrogen-bond donors (Lipinski definition) is 1. The smallest absolute Gasteiger partial charge is 0.251 e. The lowest BCUT2D eigenvalue weighted by atomic mass is 10.1. The Labute approximate surface area is 123 Å². The Hall–Kier alpha value is -2.62. The summed E-state index contributed by atoms with van der Waals surface area (Å²) in [6.07, 6.45) is 0. The second-order valence-corrected chi connectivity index (χ2v) is 4.67. The second-order valence-electron chi connectivity index (χ2n) is 4.67. The summed E-state index contributed by atoms with van der Waals surface area (Å²) in [5.41, 5.74) is 2.16. The number of nitrogens with one attached hydrogen (secondary N) is 1. The SMILES string of the molecule is COc1cccc(C(=O)NCc2ccc(C(C)=O)cc2)c1. The lowest BCUT2D eigenvalue weighted by Gasteiger charge is -2.07. The zero-order valence-electron chi connectivity index (χ0n) is 12.1. The molecule has 108 valence electrons.